The summed E-state index contributed by atoms with van der Waals surface area (Å²) in [5, 5.41) is 15.9. The third kappa shape index (κ3) is 2.50. The Labute approximate surface area is 151 Å². The van der Waals surface area contributed by atoms with Gasteiger partial charge >= 0.3 is 0 Å². The van der Waals surface area contributed by atoms with Crippen molar-refractivity contribution in [3.63, 3.8) is 0 Å². The molecule has 7 nitrogen and oxygen atoms in total. The van der Waals surface area contributed by atoms with Gasteiger partial charge in [-0.3, -0.25) is 9.89 Å². The highest BCUT2D eigenvalue weighted by Crippen LogP contribution is 2.39. The summed E-state index contributed by atoms with van der Waals surface area (Å²) < 4.78 is 2.04. The second-order valence-electron chi connectivity index (χ2n) is 7.45. The molecule has 0 radical (unpaired) electrons. The van der Waals surface area contributed by atoms with Gasteiger partial charge in [0.05, 0.1) is 24.0 Å². The number of fused-ring (bicyclic) bond motifs is 2. The van der Waals surface area contributed by atoms with Gasteiger partial charge in [-0.05, 0) is 44.6 Å². The Morgan fingerprint density at radius 1 is 1.19 bits per heavy atom. The van der Waals surface area contributed by atoms with Crippen LogP contribution in [0.2, 0.25) is 0 Å². The van der Waals surface area contributed by atoms with Crippen molar-refractivity contribution >= 4 is 22.6 Å². The molecular weight excluding hydrogens is 328 g/mol. The fourth-order valence-electron chi connectivity index (χ4n) is 4.22. The number of anilines is 1. The SMILES string of the molecule is CN1CCC(n2ncc3c2NC(=O)CC3c2ccc3cn[nH]c3c2)CC1. The van der Waals surface area contributed by atoms with Crippen LogP contribution < -0.4 is 5.32 Å². The number of benzene rings is 1. The maximum Gasteiger partial charge on any atom is 0.226 e. The number of nitrogens with one attached hydrogen (secondary N) is 2. The molecule has 3 aromatic rings. The Morgan fingerprint density at radius 2 is 2.04 bits per heavy atom. The smallest absolute Gasteiger partial charge is 0.226 e. The van der Waals surface area contributed by atoms with Crippen LogP contribution in [-0.4, -0.2) is 50.9 Å². The molecule has 26 heavy (non-hydrogen) atoms. The van der Waals surface area contributed by atoms with Crippen molar-refractivity contribution in [1.29, 1.82) is 0 Å². The molecule has 1 saturated heterocycles. The van der Waals surface area contributed by atoms with Crippen LogP contribution in [0, 0.1) is 0 Å². The number of hydrogen-bond acceptors (Lipinski definition) is 4. The van der Waals surface area contributed by atoms with Gasteiger partial charge in [-0.25, -0.2) is 4.68 Å². The maximum atomic E-state index is 12.4. The number of piperidine rings is 1. The molecule has 0 spiro atoms. The molecule has 2 aromatic heterocycles. The van der Waals surface area contributed by atoms with Gasteiger partial charge in [0.25, 0.3) is 0 Å². The van der Waals surface area contributed by atoms with Gasteiger partial charge in [0.2, 0.25) is 5.91 Å². The molecule has 0 aliphatic carbocycles. The predicted molar refractivity (Wildman–Crippen MR) is 99.2 cm³/mol. The highest BCUT2D eigenvalue weighted by Gasteiger charge is 2.32. The second kappa shape index (κ2) is 5.95. The first-order chi connectivity index (χ1) is 12.7. The molecule has 2 aliphatic heterocycles. The van der Waals surface area contributed by atoms with Crippen molar-refractivity contribution in [2.45, 2.75) is 31.2 Å². The largest absolute Gasteiger partial charge is 0.311 e. The minimum Gasteiger partial charge on any atom is -0.311 e. The minimum atomic E-state index is 0.0338. The Morgan fingerprint density at radius 3 is 2.88 bits per heavy atom. The van der Waals surface area contributed by atoms with E-state index in [9.17, 15) is 4.79 Å². The monoisotopic (exact) mass is 350 g/mol. The van der Waals surface area contributed by atoms with Crippen LogP contribution in [0.4, 0.5) is 5.82 Å². The number of aromatic amines is 1. The molecule has 5 rings (SSSR count). The first-order valence-electron chi connectivity index (χ1n) is 9.18. The van der Waals surface area contributed by atoms with Crippen LogP contribution in [0.5, 0.6) is 0 Å². The Hall–Kier alpha value is -2.67. The highest BCUT2D eigenvalue weighted by atomic mass is 16.1. The molecule has 2 aliphatic rings. The van der Waals surface area contributed by atoms with Crippen molar-refractivity contribution in [1.82, 2.24) is 24.9 Å². The molecule has 0 saturated carbocycles. The number of H-pyrrole nitrogens is 1. The first-order valence-corrected chi connectivity index (χ1v) is 9.18. The minimum absolute atomic E-state index is 0.0338. The van der Waals surface area contributed by atoms with Gasteiger partial charge in [-0.1, -0.05) is 12.1 Å². The third-order valence-electron chi connectivity index (χ3n) is 5.75. The van der Waals surface area contributed by atoms with Crippen LogP contribution in [0.3, 0.4) is 0 Å². The summed E-state index contributed by atoms with van der Waals surface area (Å²) >= 11 is 0. The Balaban J connectivity index is 1.53. The van der Waals surface area contributed by atoms with E-state index in [1.807, 2.05) is 17.1 Å². The van der Waals surface area contributed by atoms with Crippen molar-refractivity contribution in [3.8, 4) is 0 Å². The van der Waals surface area contributed by atoms with Crippen LogP contribution >= 0.6 is 0 Å². The molecule has 1 aromatic carbocycles. The van der Waals surface area contributed by atoms with Gasteiger partial charge in [-0.15, -0.1) is 0 Å². The van der Waals surface area contributed by atoms with E-state index in [0.717, 1.165) is 53.8 Å². The van der Waals surface area contributed by atoms with Crippen molar-refractivity contribution in [2.24, 2.45) is 0 Å². The van der Waals surface area contributed by atoms with Crippen molar-refractivity contribution in [3.05, 3.63) is 41.7 Å². The lowest BCUT2D eigenvalue weighted by Gasteiger charge is -2.31. The van der Waals surface area contributed by atoms with E-state index in [-0.39, 0.29) is 11.8 Å². The number of carbonyl (C=O) groups excluding carboxylic acids is 1. The molecular formula is C19H22N6O. The van der Waals surface area contributed by atoms with E-state index < -0.39 is 0 Å². The van der Waals surface area contributed by atoms with Crippen molar-refractivity contribution in [2.75, 3.05) is 25.5 Å². The van der Waals surface area contributed by atoms with E-state index in [1.165, 1.54) is 0 Å². The lowest BCUT2D eigenvalue weighted by Crippen LogP contribution is -2.33. The van der Waals surface area contributed by atoms with E-state index in [0.29, 0.717) is 12.5 Å². The number of aromatic nitrogens is 4. The number of hydrogen-bond donors (Lipinski definition) is 2. The lowest BCUT2D eigenvalue weighted by atomic mass is 9.87. The van der Waals surface area contributed by atoms with Gasteiger partial charge in [0.15, 0.2) is 0 Å². The van der Waals surface area contributed by atoms with E-state index in [2.05, 4.69) is 50.8 Å². The normalized spacial score (nSPS) is 21.7. The van der Waals surface area contributed by atoms with E-state index in [4.69, 9.17) is 0 Å². The molecule has 2 N–H and O–H groups in total. The zero-order valence-electron chi connectivity index (χ0n) is 14.8. The molecule has 1 fully saturated rings. The summed E-state index contributed by atoms with van der Waals surface area (Å²) in [6, 6.07) is 6.60. The first kappa shape index (κ1) is 15.6. The average molecular weight is 350 g/mol. The third-order valence-corrected chi connectivity index (χ3v) is 5.75. The van der Waals surface area contributed by atoms with Crippen molar-refractivity contribution < 1.29 is 4.79 Å². The summed E-state index contributed by atoms with van der Waals surface area (Å²) in [7, 11) is 2.15. The fraction of sp³-hybridized carbons (Fsp3) is 0.421. The van der Waals surface area contributed by atoms with Crippen LogP contribution in [0.25, 0.3) is 10.9 Å². The molecule has 4 heterocycles. The summed E-state index contributed by atoms with van der Waals surface area (Å²) in [5.41, 5.74) is 3.24. The number of likely N-dealkylation sites (tertiary alicyclic amines) is 1. The quantitative estimate of drug-likeness (QED) is 0.744. The zero-order chi connectivity index (χ0) is 17.7. The zero-order valence-corrected chi connectivity index (χ0v) is 14.8. The number of amides is 1. The topological polar surface area (TPSA) is 78.8 Å². The maximum absolute atomic E-state index is 12.4. The van der Waals surface area contributed by atoms with E-state index in [1.54, 1.807) is 0 Å². The number of nitrogens with zero attached hydrogens (tertiary/aromatic N) is 4. The van der Waals surface area contributed by atoms with Crippen LogP contribution in [0.15, 0.2) is 30.6 Å². The molecule has 0 bridgehead atoms. The van der Waals surface area contributed by atoms with Gasteiger partial charge in [0, 0.05) is 23.3 Å². The van der Waals surface area contributed by atoms with E-state index >= 15 is 0 Å². The number of carbonyl (C=O) groups is 1. The average Bonchev–Trinajstić information content (AvgIpc) is 3.27. The number of rotatable bonds is 2. The Kier molecular flexibility index (Phi) is 3.56. The molecule has 1 unspecified atom stereocenters. The summed E-state index contributed by atoms with van der Waals surface area (Å²) in [6.07, 6.45) is 6.33. The lowest BCUT2D eigenvalue weighted by molar-refractivity contribution is -0.116. The fourth-order valence-corrected chi connectivity index (χ4v) is 4.22. The molecule has 1 amide bonds. The van der Waals surface area contributed by atoms with Crippen LogP contribution in [0.1, 0.15) is 42.3 Å². The molecule has 1 atom stereocenters. The van der Waals surface area contributed by atoms with Gasteiger partial charge in [0.1, 0.15) is 5.82 Å². The summed E-state index contributed by atoms with van der Waals surface area (Å²) in [6.45, 7) is 2.13. The van der Waals surface area contributed by atoms with Crippen LogP contribution in [-0.2, 0) is 4.79 Å². The molecule has 7 heteroatoms. The predicted octanol–water partition coefficient (Wildman–Crippen LogP) is 2.50. The molecule has 134 valence electrons. The summed E-state index contributed by atoms with van der Waals surface area (Å²) in [5.74, 6) is 0.971. The standard InChI is InChI=1S/C19H22N6O/c1-24-6-4-14(5-7-24)25-19-16(11-21-25)15(9-18(26)22-19)12-2-3-13-10-20-23-17(13)8-12/h2-3,8,10-11,14-15H,4-7,9H2,1H3,(H,20,23)(H,22,26). The Bertz CT molecular complexity index is 965. The highest BCUT2D eigenvalue weighted by molar-refractivity contribution is 5.94. The van der Waals surface area contributed by atoms with Gasteiger partial charge in [-0.2, -0.15) is 10.2 Å². The second-order valence-corrected chi connectivity index (χ2v) is 7.45. The summed E-state index contributed by atoms with van der Waals surface area (Å²) in [4.78, 5) is 14.8. The van der Waals surface area contributed by atoms with Gasteiger partial charge < -0.3 is 10.2 Å².